The zero-order valence-electron chi connectivity index (χ0n) is 13.7. The fraction of sp³-hybridized carbons (Fsp3) is 0.100. The van der Waals surface area contributed by atoms with Crippen LogP contribution in [0.5, 0.6) is 0 Å². The van der Waals surface area contributed by atoms with E-state index in [1.165, 1.54) is 11.1 Å². The minimum atomic E-state index is 0. The van der Waals surface area contributed by atoms with E-state index < -0.39 is 0 Å². The molecule has 0 radical (unpaired) electrons. The molecule has 0 spiro atoms. The molecule has 3 rings (SSSR count). The lowest BCUT2D eigenvalue weighted by atomic mass is 10.2. The quantitative estimate of drug-likeness (QED) is 0.647. The number of hydrogen-bond donors (Lipinski definition) is 1. The summed E-state index contributed by atoms with van der Waals surface area (Å²) in [4.78, 5) is 6.28. The number of benzene rings is 2. The summed E-state index contributed by atoms with van der Waals surface area (Å²) in [5.74, 6) is 0. The number of nitrogens with zero attached hydrogens (tertiary/aromatic N) is 2. The molecule has 1 heterocycles. The molecule has 5 heteroatoms. The summed E-state index contributed by atoms with van der Waals surface area (Å²) in [6.45, 7) is 1.50. The van der Waals surface area contributed by atoms with Crippen LogP contribution < -0.4 is 5.32 Å². The molecule has 128 valence electrons. The number of halogens is 1. The van der Waals surface area contributed by atoms with E-state index in [9.17, 15) is 0 Å². The molecule has 0 bridgehead atoms. The second-order valence-corrected chi connectivity index (χ2v) is 5.89. The van der Waals surface area contributed by atoms with Crippen molar-refractivity contribution in [3.05, 3.63) is 96.3 Å². The maximum atomic E-state index is 5.64. The Hall–Kier alpha value is -2.43. The van der Waals surface area contributed by atoms with Crippen LogP contribution in [0.2, 0.25) is 0 Å². The third-order valence-electron chi connectivity index (χ3n) is 3.63. The first kappa shape index (κ1) is 18.9. The maximum Gasteiger partial charge on any atom is 0.174 e. The Kier molecular flexibility index (Phi) is 7.38. The topological polar surface area (TPSA) is 28.2 Å². The number of hydrogen-bond acceptors (Lipinski definition) is 2. The zero-order chi connectivity index (χ0) is 16.6. The van der Waals surface area contributed by atoms with E-state index in [1.807, 2.05) is 48.5 Å². The van der Waals surface area contributed by atoms with Crippen LogP contribution in [0.3, 0.4) is 0 Å². The van der Waals surface area contributed by atoms with Gasteiger partial charge in [0.2, 0.25) is 0 Å². The standard InChI is InChI=1S/C20H19N3S.ClH/c24-20(22-19-12-7-13-21-14-19)23(15-17-8-3-1-4-9-17)16-18-10-5-2-6-11-18;/h1-14H,15-16H2,(H,22,24);1H. The van der Waals surface area contributed by atoms with Gasteiger partial charge in [0.15, 0.2) is 5.11 Å². The molecule has 0 unspecified atom stereocenters. The Labute approximate surface area is 160 Å². The van der Waals surface area contributed by atoms with Crippen molar-refractivity contribution in [1.29, 1.82) is 0 Å². The molecule has 3 aromatic rings. The van der Waals surface area contributed by atoms with E-state index in [0.717, 1.165) is 18.8 Å². The molecule has 3 nitrogen and oxygen atoms in total. The largest absolute Gasteiger partial charge is 0.340 e. The van der Waals surface area contributed by atoms with Gasteiger partial charge in [-0.05, 0) is 35.5 Å². The van der Waals surface area contributed by atoms with E-state index >= 15 is 0 Å². The summed E-state index contributed by atoms with van der Waals surface area (Å²) in [5.41, 5.74) is 3.35. The highest BCUT2D eigenvalue weighted by molar-refractivity contribution is 7.80. The van der Waals surface area contributed by atoms with Crippen LogP contribution in [-0.4, -0.2) is 15.0 Å². The van der Waals surface area contributed by atoms with E-state index in [1.54, 1.807) is 12.4 Å². The molecule has 25 heavy (non-hydrogen) atoms. The van der Waals surface area contributed by atoms with Gasteiger partial charge in [-0.25, -0.2) is 0 Å². The minimum Gasteiger partial charge on any atom is -0.340 e. The zero-order valence-corrected chi connectivity index (χ0v) is 15.3. The van der Waals surface area contributed by atoms with Crippen molar-refractivity contribution in [2.24, 2.45) is 0 Å². The smallest absolute Gasteiger partial charge is 0.174 e. The van der Waals surface area contributed by atoms with Gasteiger partial charge in [-0.3, -0.25) is 4.98 Å². The van der Waals surface area contributed by atoms with Crippen LogP contribution in [0.25, 0.3) is 0 Å². The molecule has 2 aromatic carbocycles. The summed E-state index contributed by atoms with van der Waals surface area (Å²) in [7, 11) is 0. The minimum absolute atomic E-state index is 0. The van der Waals surface area contributed by atoms with Gasteiger partial charge in [0.25, 0.3) is 0 Å². The molecule has 0 atom stereocenters. The Morgan fingerprint density at radius 1 is 0.840 bits per heavy atom. The first-order valence-electron chi connectivity index (χ1n) is 7.85. The van der Waals surface area contributed by atoms with Gasteiger partial charge >= 0.3 is 0 Å². The Morgan fingerprint density at radius 3 is 1.88 bits per heavy atom. The molecule has 1 N–H and O–H groups in total. The molecular formula is C20H20ClN3S. The van der Waals surface area contributed by atoms with Crippen molar-refractivity contribution in [1.82, 2.24) is 9.88 Å². The summed E-state index contributed by atoms with van der Waals surface area (Å²) >= 11 is 5.64. The van der Waals surface area contributed by atoms with Crippen LogP contribution in [0.4, 0.5) is 5.69 Å². The summed E-state index contributed by atoms with van der Waals surface area (Å²) in [6, 6.07) is 24.6. The number of thiocarbonyl (C=S) groups is 1. The van der Waals surface area contributed by atoms with Crippen molar-refractivity contribution in [2.45, 2.75) is 13.1 Å². The van der Waals surface area contributed by atoms with Crippen LogP contribution in [-0.2, 0) is 13.1 Å². The predicted octanol–water partition coefficient (Wildman–Crippen LogP) is 4.90. The van der Waals surface area contributed by atoms with Crippen LogP contribution in [0.1, 0.15) is 11.1 Å². The molecular weight excluding hydrogens is 350 g/mol. The Morgan fingerprint density at radius 2 is 1.40 bits per heavy atom. The molecule has 0 saturated carbocycles. The van der Waals surface area contributed by atoms with E-state index in [0.29, 0.717) is 5.11 Å². The summed E-state index contributed by atoms with van der Waals surface area (Å²) in [5, 5.41) is 3.97. The first-order valence-corrected chi connectivity index (χ1v) is 8.26. The van der Waals surface area contributed by atoms with E-state index in [4.69, 9.17) is 12.2 Å². The fourth-order valence-corrected chi connectivity index (χ4v) is 2.69. The molecule has 0 aliphatic heterocycles. The second kappa shape index (κ2) is 9.77. The van der Waals surface area contributed by atoms with Gasteiger partial charge in [0.1, 0.15) is 0 Å². The lowest BCUT2D eigenvalue weighted by Crippen LogP contribution is -2.33. The highest BCUT2D eigenvalue weighted by atomic mass is 35.5. The molecule has 0 aliphatic carbocycles. The van der Waals surface area contributed by atoms with Crippen molar-refractivity contribution in [3.8, 4) is 0 Å². The monoisotopic (exact) mass is 369 g/mol. The van der Waals surface area contributed by atoms with Gasteiger partial charge in [-0.15, -0.1) is 12.4 Å². The normalized spacial score (nSPS) is 9.76. The summed E-state index contributed by atoms with van der Waals surface area (Å²) < 4.78 is 0. The van der Waals surface area contributed by atoms with Crippen molar-refractivity contribution in [3.63, 3.8) is 0 Å². The number of rotatable bonds is 5. The molecule has 0 saturated heterocycles. The van der Waals surface area contributed by atoms with Gasteiger partial charge in [-0.1, -0.05) is 60.7 Å². The Bertz CT molecular complexity index is 725. The van der Waals surface area contributed by atoms with Gasteiger partial charge in [-0.2, -0.15) is 0 Å². The number of nitrogens with one attached hydrogen (secondary N) is 1. The lowest BCUT2D eigenvalue weighted by Gasteiger charge is -2.26. The second-order valence-electron chi connectivity index (χ2n) is 5.50. The van der Waals surface area contributed by atoms with Crippen molar-refractivity contribution in [2.75, 3.05) is 5.32 Å². The summed E-state index contributed by atoms with van der Waals surface area (Å²) in [6.07, 6.45) is 3.52. The first-order chi connectivity index (χ1) is 11.8. The van der Waals surface area contributed by atoms with Crippen molar-refractivity contribution < 1.29 is 0 Å². The average molecular weight is 370 g/mol. The predicted molar refractivity (Wildman–Crippen MR) is 110 cm³/mol. The average Bonchev–Trinajstić information content (AvgIpc) is 2.64. The molecule has 1 aromatic heterocycles. The van der Waals surface area contributed by atoms with Gasteiger partial charge in [0.05, 0.1) is 11.9 Å². The highest BCUT2D eigenvalue weighted by Gasteiger charge is 2.11. The number of aromatic nitrogens is 1. The van der Waals surface area contributed by atoms with Crippen LogP contribution >= 0.6 is 24.6 Å². The number of anilines is 1. The highest BCUT2D eigenvalue weighted by Crippen LogP contribution is 2.13. The Balaban J connectivity index is 0.00000225. The van der Waals surface area contributed by atoms with Gasteiger partial charge in [0, 0.05) is 19.3 Å². The fourth-order valence-electron chi connectivity index (χ4n) is 2.45. The van der Waals surface area contributed by atoms with Crippen LogP contribution in [0.15, 0.2) is 85.2 Å². The van der Waals surface area contributed by atoms with Crippen molar-refractivity contribution >= 4 is 35.4 Å². The lowest BCUT2D eigenvalue weighted by molar-refractivity contribution is 0.413. The van der Waals surface area contributed by atoms with E-state index in [-0.39, 0.29) is 12.4 Å². The third-order valence-corrected chi connectivity index (χ3v) is 3.99. The molecule has 0 fully saturated rings. The molecule has 0 amide bonds. The number of pyridine rings is 1. The van der Waals surface area contributed by atoms with E-state index in [2.05, 4.69) is 39.5 Å². The van der Waals surface area contributed by atoms with Crippen LogP contribution in [0, 0.1) is 0 Å². The van der Waals surface area contributed by atoms with Gasteiger partial charge < -0.3 is 10.2 Å². The SMILES string of the molecule is Cl.S=C(Nc1cccnc1)N(Cc1ccccc1)Cc1ccccc1. The maximum absolute atomic E-state index is 5.64. The third kappa shape index (κ3) is 5.85. The molecule has 0 aliphatic rings.